The molecule has 0 radical (unpaired) electrons. The van der Waals surface area contributed by atoms with Crippen LogP contribution in [0.3, 0.4) is 0 Å². The fraction of sp³-hybridized carbons (Fsp3) is 1.00. The van der Waals surface area contributed by atoms with Gasteiger partial charge in [0.2, 0.25) is 0 Å². The van der Waals surface area contributed by atoms with Crippen molar-refractivity contribution in [3.05, 3.63) is 0 Å². The molecular weight excluding hydrogens is 378 g/mol. The summed E-state index contributed by atoms with van der Waals surface area (Å²) in [6, 6.07) is 0. The van der Waals surface area contributed by atoms with Crippen molar-refractivity contribution in [1.29, 1.82) is 0 Å². The summed E-state index contributed by atoms with van der Waals surface area (Å²) in [4.78, 5) is 0. The van der Waals surface area contributed by atoms with Gasteiger partial charge in [-0.1, -0.05) is 0 Å². The first kappa shape index (κ1) is 10.4. The van der Waals surface area contributed by atoms with Gasteiger partial charge in [0.1, 0.15) is 45.4 Å². The zero-order valence-corrected chi connectivity index (χ0v) is 9.80. The Labute approximate surface area is 92.1 Å². The molecule has 11 heavy (non-hydrogen) atoms. The molecule has 0 aliphatic carbocycles. The predicted octanol–water partition coefficient (Wildman–Crippen LogP) is 0.235. The van der Waals surface area contributed by atoms with Crippen molar-refractivity contribution in [2.45, 2.75) is 22.4 Å². The summed E-state index contributed by atoms with van der Waals surface area (Å²) in [7, 11) is 0. The van der Waals surface area contributed by atoms with E-state index in [1.807, 2.05) is 22.6 Å². The highest BCUT2D eigenvalue weighted by atomic mass is 127. The highest BCUT2D eigenvalue weighted by Crippen LogP contribution is 2.25. The fourth-order valence-electron chi connectivity index (χ4n) is 0.903. The second kappa shape index (κ2) is 4.51. The standard InChI is InChI=1S/C5H8I2O4/c6-5-4(9)3(8)2(11-5)1-10-7/h2-5,8-9H,1H2. The molecule has 0 aromatic rings. The van der Waals surface area contributed by atoms with Crippen LogP contribution in [0.15, 0.2) is 0 Å². The molecule has 1 aliphatic heterocycles. The molecule has 66 valence electrons. The number of halogens is 2. The highest BCUT2D eigenvalue weighted by Gasteiger charge is 2.41. The van der Waals surface area contributed by atoms with Gasteiger partial charge in [-0.2, -0.15) is 0 Å². The van der Waals surface area contributed by atoms with E-state index in [1.165, 1.54) is 0 Å². The lowest BCUT2D eigenvalue weighted by Gasteiger charge is -2.11. The number of alkyl halides is 1. The highest BCUT2D eigenvalue weighted by molar-refractivity contribution is 14.1. The van der Waals surface area contributed by atoms with E-state index in [9.17, 15) is 10.2 Å². The molecule has 0 amide bonds. The lowest BCUT2D eigenvalue weighted by Crippen LogP contribution is -2.32. The first-order chi connectivity index (χ1) is 5.16. The molecule has 0 bridgehead atoms. The van der Waals surface area contributed by atoms with Crippen LogP contribution in [0.1, 0.15) is 0 Å². The van der Waals surface area contributed by atoms with Crippen LogP contribution >= 0.6 is 45.6 Å². The Bertz CT molecular complexity index is 134. The molecule has 1 fully saturated rings. The molecule has 6 heteroatoms. The van der Waals surface area contributed by atoms with Gasteiger partial charge < -0.3 is 18.0 Å². The molecule has 1 rings (SSSR count). The average molecular weight is 386 g/mol. The third-order valence-corrected chi connectivity index (χ3v) is 2.92. The predicted molar refractivity (Wildman–Crippen MR) is 54.7 cm³/mol. The van der Waals surface area contributed by atoms with E-state index in [0.717, 1.165) is 0 Å². The Balaban J connectivity index is 2.45. The van der Waals surface area contributed by atoms with Crippen LogP contribution in [0.2, 0.25) is 0 Å². The van der Waals surface area contributed by atoms with E-state index in [2.05, 4.69) is 0 Å². The number of hydrogen-bond acceptors (Lipinski definition) is 4. The van der Waals surface area contributed by atoms with Crippen LogP contribution in [0, 0.1) is 0 Å². The molecule has 0 aromatic heterocycles. The van der Waals surface area contributed by atoms with E-state index in [0.29, 0.717) is 6.61 Å². The summed E-state index contributed by atoms with van der Waals surface area (Å²) in [5.41, 5.74) is 0. The number of ether oxygens (including phenoxy) is 1. The summed E-state index contributed by atoms with van der Waals surface area (Å²) in [6.07, 6.45) is -2.03. The summed E-state index contributed by atoms with van der Waals surface area (Å²) in [5, 5.41) is 18.5. The Morgan fingerprint density at radius 1 is 1.36 bits per heavy atom. The second-order valence-electron chi connectivity index (χ2n) is 2.28. The van der Waals surface area contributed by atoms with Crippen molar-refractivity contribution < 1.29 is 18.0 Å². The van der Waals surface area contributed by atoms with Crippen LogP contribution in [-0.4, -0.2) is 39.2 Å². The van der Waals surface area contributed by atoms with Gasteiger partial charge in [-0.05, 0) is 22.6 Å². The number of aliphatic hydroxyl groups is 2. The third-order valence-electron chi connectivity index (χ3n) is 1.53. The van der Waals surface area contributed by atoms with Crippen LogP contribution in [0.4, 0.5) is 0 Å². The van der Waals surface area contributed by atoms with Gasteiger partial charge in [0, 0.05) is 0 Å². The fourth-order valence-corrected chi connectivity index (χ4v) is 2.06. The topological polar surface area (TPSA) is 58.9 Å². The van der Waals surface area contributed by atoms with Gasteiger partial charge in [0.15, 0.2) is 0 Å². The molecule has 1 saturated heterocycles. The zero-order chi connectivity index (χ0) is 8.43. The Hall–Kier alpha value is 1.30. The van der Waals surface area contributed by atoms with Gasteiger partial charge >= 0.3 is 0 Å². The summed E-state index contributed by atoms with van der Waals surface area (Å²) in [6.45, 7) is 0.304. The van der Waals surface area contributed by atoms with Crippen molar-refractivity contribution >= 4 is 45.6 Å². The molecule has 4 atom stereocenters. The summed E-state index contributed by atoms with van der Waals surface area (Å²) < 4.78 is 9.61. The van der Waals surface area contributed by atoms with Gasteiger partial charge in [0.05, 0.1) is 6.61 Å². The minimum atomic E-state index is -0.827. The smallest absolute Gasteiger partial charge is 0.137 e. The van der Waals surface area contributed by atoms with Gasteiger partial charge in [0.25, 0.3) is 0 Å². The maximum Gasteiger partial charge on any atom is 0.137 e. The monoisotopic (exact) mass is 386 g/mol. The Kier molecular flexibility index (Phi) is 4.26. The van der Waals surface area contributed by atoms with Gasteiger partial charge in [-0.15, -0.1) is 0 Å². The number of hydrogen-bond donors (Lipinski definition) is 2. The molecule has 4 unspecified atom stereocenters. The normalized spacial score (nSPS) is 44.7. The van der Waals surface area contributed by atoms with Crippen LogP contribution in [0.25, 0.3) is 0 Å². The first-order valence-corrected chi connectivity index (χ1v) is 5.18. The molecule has 4 nitrogen and oxygen atoms in total. The molecular formula is C5H8I2O4. The zero-order valence-electron chi connectivity index (χ0n) is 5.48. The summed E-state index contributed by atoms with van der Waals surface area (Å²) >= 11 is 3.66. The maximum absolute atomic E-state index is 9.30. The largest absolute Gasteiger partial charge is 0.387 e. The number of aliphatic hydroxyl groups excluding tert-OH is 2. The van der Waals surface area contributed by atoms with E-state index in [-0.39, 0.29) is 4.11 Å². The van der Waals surface area contributed by atoms with Crippen molar-refractivity contribution in [3.8, 4) is 0 Å². The lowest BCUT2D eigenvalue weighted by atomic mass is 10.2. The molecule has 0 aromatic carbocycles. The average Bonchev–Trinajstić information content (AvgIpc) is 2.19. The third kappa shape index (κ3) is 2.37. The quantitative estimate of drug-likeness (QED) is 0.528. The number of rotatable bonds is 2. The molecule has 1 aliphatic rings. The SMILES string of the molecule is OC1C(I)OC(COI)C1O. The maximum atomic E-state index is 9.30. The minimum absolute atomic E-state index is 0.304. The van der Waals surface area contributed by atoms with Crippen LogP contribution in [-0.2, 0) is 7.80 Å². The van der Waals surface area contributed by atoms with E-state index >= 15 is 0 Å². The lowest BCUT2D eigenvalue weighted by molar-refractivity contribution is 0.00680. The summed E-state index contributed by atoms with van der Waals surface area (Å²) in [5.74, 6) is 0. The van der Waals surface area contributed by atoms with E-state index in [1.54, 1.807) is 23.0 Å². The van der Waals surface area contributed by atoms with E-state index < -0.39 is 18.3 Å². The van der Waals surface area contributed by atoms with Crippen molar-refractivity contribution in [2.75, 3.05) is 6.61 Å². The Morgan fingerprint density at radius 2 is 2.00 bits per heavy atom. The van der Waals surface area contributed by atoms with Gasteiger partial charge in [-0.25, -0.2) is 0 Å². The Morgan fingerprint density at radius 3 is 2.36 bits per heavy atom. The minimum Gasteiger partial charge on any atom is -0.387 e. The first-order valence-electron chi connectivity index (χ1n) is 3.06. The molecule has 0 saturated carbocycles. The van der Waals surface area contributed by atoms with Gasteiger partial charge in [-0.3, -0.25) is 0 Å². The molecule has 1 heterocycles. The van der Waals surface area contributed by atoms with Crippen molar-refractivity contribution in [1.82, 2.24) is 0 Å². The molecule has 2 N–H and O–H groups in total. The van der Waals surface area contributed by atoms with Crippen LogP contribution < -0.4 is 0 Å². The van der Waals surface area contributed by atoms with Crippen LogP contribution in [0.5, 0.6) is 0 Å². The van der Waals surface area contributed by atoms with E-state index in [4.69, 9.17) is 7.80 Å². The van der Waals surface area contributed by atoms with Crippen molar-refractivity contribution in [3.63, 3.8) is 0 Å². The molecule has 0 spiro atoms. The second-order valence-corrected chi connectivity index (χ2v) is 4.13. The van der Waals surface area contributed by atoms with Crippen molar-refractivity contribution in [2.24, 2.45) is 0 Å².